The summed E-state index contributed by atoms with van der Waals surface area (Å²) in [5.41, 5.74) is 2.46. The lowest BCUT2D eigenvalue weighted by Gasteiger charge is -2.31. The number of rotatable bonds is 6. The summed E-state index contributed by atoms with van der Waals surface area (Å²) >= 11 is 0. The second kappa shape index (κ2) is 8.37. The second-order valence-electron chi connectivity index (χ2n) is 8.25. The van der Waals surface area contributed by atoms with Crippen LogP contribution in [0.2, 0.25) is 0 Å². The molecule has 1 aliphatic carbocycles. The van der Waals surface area contributed by atoms with Gasteiger partial charge in [0.25, 0.3) is 5.89 Å². The lowest BCUT2D eigenvalue weighted by molar-refractivity contribution is 0.00636. The number of benzene rings is 1. The molecular weight excluding hydrogens is 406 g/mol. The number of sulfonamides is 1. The Labute approximate surface area is 176 Å². The minimum absolute atomic E-state index is 0.0128. The summed E-state index contributed by atoms with van der Waals surface area (Å²) in [5, 5.41) is 3.97. The van der Waals surface area contributed by atoms with Crippen molar-refractivity contribution in [3.8, 4) is 0 Å². The molecule has 0 bridgehead atoms. The largest absolute Gasteiger partial charge is 0.370 e. The van der Waals surface area contributed by atoms with Crippen LogP contribution in [0.25, 0.3) is 0 Å². The van der Waals surface area contributed by atoms with Crippen molar-refractivity contribution < 1.29 is 22.4 Å². The Morgan fingerprint density at radius 3 is 2.73 bits per heavy atom. The molecule has 1 unspecified atom stereocenters. The van der Waals surface area contributed by atoms with Crippen molar-refractivity contribution in [2.75, 3.05) is 19.7 Å². The number of aryl methyl sites for hydroxylation is 2. The molecule has 2 saturated heterocycles. The van der Waals surface area contributed by atoms with Gasteiger partial charge in [-0.2, -0.15) is 9.29 Å². The molecule has 3 aliphatic rings. The summed E-state index contributed by atoms with van der Waals surface area (Å²) in [7, 11) is -3.46. The van der Waals surface area contributed by atoms with E-state index in [4.69, 9.17) is 14.0 Å². The molecule has 162 valence electrons. The lowest BCUT2D eigenvalue weighted by Crippen LogP contribution is -2.40. The zero-order valence-electron chi connectivity index (χ0n) is 17.0. The van der Waals surface area contributed by atoms with Crippen LogP contribution in [0.5, 0.6) is 0 Å². The number of fused-ring (bicyclic) bond motifs is 1. The molecule has 0 radical (unpaired) electrons. The Balaban J connectivity index is 1.14. The van der Waals surface area contributed by atoms with Gasteiger partial charge >= 0.3 is 0 Å². The molecule has 3 heterocycles. The zero-order valence-corrected chi connectivity index (χ0v) is 17.8. The fourth-order valence-corrected chi connectivity index (χ4v) is 6.04. The number of ether oxygens (including phenoxy) is 2. The van der Waals surface area contributed by atoms with Crippen LogP contribution in [-0.2, 0) is 38.9 Å². The average Bonchev–Trinajstić information content (AvgIpc) is 3.53. The summed E-state index contributed by atoms with van der Waals surface area (Å²) in [6.45, 7) is 1.90. The van der Waals surface area contributed by atoms with E-state index in [1.807, 2.05) is 12.1 Å². The van der Waals surface area contributed by atoms with Gasteiger partial charge in [0.15, 0.2) is 5.82 Å². The maximum absolute atomic E-state index is 13.0. The molecule has 2 aliphatic heterocycles. The molecule has 9 heteroatoms. The van der Waals surface area contributed by atoms with E-state index in [9.17, 15) is 8.42 Å². The highest BCUT2D eigenvalue weighted by Gasteiger charge is 2.31. The third-order valence-electron chi connectivity index (χ3n) is 6.25. The summed E-state index contributed by atoms with van der Waals surface area (Å²) in [4.78, 5) is 4.78. The van der Waals surface area contributed by atoms with Crippen molar-refractivity contribution in [3.05, 3.63) is 41.0 Å². The van der Waals surface area contributed by atoms with Crippen LogP contribution < -0.4 is 0 Å². The van der Waals surface area contributed by atoms with E-state index in [0.717, 1.165) is 38.7 Å². The standard InChI is InChI=1S/C21H27N3O5S/c25-30(26,18-7-6-15-3-1-4-16(15)13-18)24-10-8-17(9-11-24)28-14-20-22-21(29-23-20)19-5-2-12-27-19/h6-7,13,17,19H,1-5,8-12,14H2. The Bertz CT molecular complexity index is 992. The van der Waals surface area contributed by atoms with Crippen molar-refractivity contribution in [1.82, 2.24) is 14.4 Å². The predicted octanol–water partition coefficient (Wildman–Crippen LogP) is 2.78. The molecule has 30 heavy (non-hydrogen) atoms. The van der Waals surface area contributed by atoms with Crippen molar-refractivity contribution >= 4 is 10.0 Å². The first-order valence-electron chi connectivity index (χ1n) is 10.8. The maximum atomic E-state index is 13.0. The van der Waals surface area contributed by atoms with E-state index in [0.29, 0.717) is 42.5 Å². The molecule has 1 atom stereocenters. The zero-order chi connectivity index (χ0) is 20.6. The van der Waals surface area contributed by atoms with E-state index >= 15 is 0 Å². The van der Waals surface area contributed by atoms with Gasteiger partial charge in [0.05, 0.1) is 11.0 Å². The van der Waals surface area contributed by atoms with Gasteiger partial charge in [-0.1, -0.05) is 11.2 Å². The van der Waals surface area contributed by atoms with Crippen molar-refractivity contribution in [3.63, 3.8) is 0 Å². The molecular formula is C21H27N3O5S. The van der Waals surface area contributed by atoms with E-state index in [2.05, 4.69) is 10.1 Å². The summed E-state index contributed by atoms with van der Waals surface area (Å²) in [5.74, 6) is 1.02. The minimum atomic E-state index is -3.46. The van der Waals surface area contributed by atoms with Crippen molar-refractivity contribution in [1.29, 1.82) is 0 Å². The van der Waals surface area contributed by atoms with Gasteiger partial charge in [-0.15, -0.1) is 0 Å². The molecule has 0 amide bonds. The summed E-state index contributed by atoms with van der Waals surface area (Å²) in [6.07, 6.45) is 6.23. The van der Waals surface area contributed by atoms with E-state index in [1.54, 1.807) is 10.4 Å². The van der Waals surface area contributed by atoms with Crippen molar-refractivity contribution in [2.45, 2.75) is 68.7 Å². The SMILES string of the molecule is O=S(=O)(c1ccc2c(c1)CCC2)N1CCC(OCc2noc(C3CCCO3)n2)CC1. The number of hydrogen-bond donors (Lipinski definition) is 0. The fraction of sp³-hybridized carbons (Fsp3) is 0.619. The Morgan fingerprint density at radius 1 is 1.10 bits per heavy atom. The third kappa shape index (κ3) is 4.03. The summed E-state index contributed by atoms with van der Waals surface area (Å²) < 4.78 is 44.4. The molecule has 0 spiro atoms. The number of nitrogens with zero attached hydrogens (tertiary/aromatic N) is 3. The molecule has 2 aromatic rings. The van der Waals surface area contributed by atoms with Gasteiger partial charge in [-0.05, 0) is 68.2 Å². The van der Waals surface area contributed by atoms with Crippen LogP contribution in [0.4, 0.5) is 0 Å². The first-order valence-corrected chi connectivity index (χ1v) is 12.2. The van der Waals surface area contributed by atoms with Gasteiger partial charge < -0.3 is 14.0 Å². The van der Waals surface area contributed by atoms with Crippen LogP contribution in [0.15, 0.2) is 27.6 Å². The van der Waals surface area contributed by atoms with Crippen LogP contribution in [0.3, 0.4) is 0 Å². The van der Waals surface area contributed by atoms with Gasteiger partial charge in [0.1, 0.15) is 12.7 Å². The predicted molar refractivity (Wildman–Crippen MR) is 107 cm³/mol. The van der Waals surface area contributed by atoms with Gasteiger partial charge in [0.2, 0.25) is 10.0 Å². The number of aromatic nitrogens is 2. The first-order chi connectivity index (χ1) is 14.6. The molecule has 1 aromatic carbocycles. The number of piperidine rings is 1. The molecule has 5 rings (SSSR count). The highest BCUT2D eigenvalue weighted by atomic mass is 32.2. The molecule has 1 aromatic heterocycles. The monoisotopic (exact) mass is 433 g/mol. The first kappa shape index (κ1) is 20.1. The molecule has 0 N–H and O–H groups in total. The fourth-order valence-electron chi connectivity index (χ4n) is 4.52. The molecule has 0 saturated carbocycles. The average molecular weight is 434 g/mol. The maximum Gasteiger partial charge on any atom is 0.255 e. The van der Waals surface area contributed by atoms with Gasteiger partial charge in [-0.3, -0.25) is 0 Å². The van der Waals surface area contributed by atoms with Gasteiger partial charge in [0, 0.05) is 19.7 Å². The normalized spacial score (nSPS) is 23.1. The van der Waals surface area contributed by atoms with Crippen LogP contribution in [0.1, 0.15) is 61.1 Å². The Morgan fingerprint density at radius 2 is 1.93 bits per heavy atom. The second-order valence-corrected chi connectivity index (χ2v) is 10.2. The topological polar surface area (TPSA) is 94.8 Å². The highest BCUT2D eigenvalue weighted by molar-refractivity contribution is 7.89. The van der Waals surface area contributed by atoms with Gasteiger partial charge in [-0.25, -0.2) is 8.42 Å². The van der Waals surface area contributed by atoms with E-state index in [-0.39, 0.29) is 18.8 Å². The minimum Gasteiger partial charge on any atom is -0.370 e. The van der Waals surface area contributed by atoms with Crippen LogP contribution in [-0.4, -0.2) is 48.7 Å². The van der Waals surface area contributed by atoms with Crippen molar-refractivity contribution in [2.24, 2.45) is 0 Å². The Hall–Kier alpha value is -1.81. The third-order valence-corrected chi connectivity index (χ3v) is 8.14. The van der Waals surface area contributed by atoms with E-state index < -0.39 is 10.0 Å². The molecule has 2 fully saturated rings. The quantitative estimate of drug-likeness (QED) is 0.691. The highest BCUT2D eigenvalue weighted by Crippen LogP contribution is 2.29. The Kier molecular flexibility index (Phi) is 5.61. The lowest BCUT2D eigenvalue weighted by atomic mass is 10.1. The summed E-state index contributed by atoms with van der Waals surface area (Å²) in [6, 6.07) is 5.59. The molecule has 8 nitrogen and oxygen atoms in total. The smallest absolute Gasteiger partial charge is 0.255 e. The van der Waals surface area contributed by atoms with Crippen LogP contribution >= 0.6 is 0 Å². The van der Waals surface area contributed by atoms with Crippen LogP contribution in [0, 0.1) is 0 Å². The number of hydrogen-bond acceptors (Lipinski definition) is 7. The van der Waals surface area contributed by atoms with E-state index in [1.165, 1.54) is 11.1 Å².